The number of carbonyl (C=O) groups excluding carboxylic acids is 1. The van der Waals surface area contributed by atoms with E-state index < -0.39 is 18.6 Å². The van der Waals surface area contributed by atoms with Crippen LogP contribution < -0.4 is 0 Å². The summed E-state index contributed by atoms with van der Waals surface area (Å²) in [6.45, 7) is 2.61. The van der Waals surface area contributed by atoms with Gasteiger partial charge in [0.2, 0.25) is 11.7 Å². The van der Waals surface area contributed by atoms with Crippen LogP contribution in [0.1, 0.15) is 24.2 Å². The highest BCUT2D eigenvalue weighted by molar-refractivity contribution is 5.82. The van der Waals surface area contributed by atoms with Crippen LogP contribution in [-0.2, 0) is 11.2 Å². The molecule has 0 spiro atoms. The normalized spacial score (nSPS) is 22.1. The summed E-state index contributed by atoms with van der Waals surface area (Å²) in [6.07, 6.45) is -2.48. The third-order valence-corrected chi connectivity index (χ3v) is 3.42. The Labute approximate surface area is 115 Å². The van der Waals surface area contributed by atoms with E-state index in [4.69, 9.17) is 4.52 Å². The molecule has 1 aliphatic rings. The van der Waals surface area contributed by atoms with Crippen molar-refractivity contribution in [3.63, 3.8) is 0 Å². The Balaban J connectivity index is 2.08. The van der Waals surface area contributed by atoms with E-state index in [1.165, 1.54) is 0 Å². The topological polar surface area (TPSA) is 62.5 Å². The van der Waals surface area contributed by atoms with E-state index >= 15 is 0 Å². The van der Waals surface area contributed by atoms with Gasteiger partial charge in [-0.3, -0.25) is 9.69 Å². The highest BCUT2D eigenvalue weighted by Crippen LogP contribution is 2.20. The minimum Gasteiger partial charge on any atom is -0.339 e. The third-order valence-electron chi connectivity index (χ3n) is 3.42. The fourth-order valence-corrected chi connectivity index (χ4v) is 2.25. The number of halogens is 2. The molecule has 0 N–H and O–H groups in total. The molecule has 1 atom stereocenters. The van der Waals surface area contributed by atoms with Crippen molar-refractivity contribution in [2.24, 2.45) is 0 Å². The number of nitrogens with zero attached hydrogens (tertiary/aromatic N) is 4. The Bertz CT molecular complexity index is 466. The molecule has 1 aromatic heterocycles. The van der Waals surface area contributed by atoms with Gasteiger partial charge in [-0.15, -0.1) is 0 Å². The van der Waals surface area contributed by atoms with Crippen molar-refractivity contribution < 1.29 is 18.1 Å². The quantitative estimate of drug-likeness (QED) is 0.815. The highest BCUT2D eigenvalue weighted by atomic mass is 19.3. The molecule has 0 radical (unpaired) electrons. The van der Waals surface area contributed by atoms with E-state index in [-0.39, 0.29) is 11.9 Å². The number of likely N-dealkylation sites (N-methyl/N-ethyl adjacent to an activating group) is 2. The van der Waals surface area contributed by atoms with Crippen molar-refractivity contribution in [3.05, 3.63) is 11.7 Å². The Kier molecular flexibility index (Phi) is 4.77. The number of Topliss-reactive ketones (excluding diaryl/α,β-unsaturated/α-hetero) is 1. The zero-order valence-electron chi connectivity index (χ0n) is 11.6. The number of ketones is 1. The van der Waals surface area contributed by atoms with E-state index in [1.54, 1.807) is 0 Å². The summed E-state index contributed by atoms with van der Waals surface area (Å²) >= 11 is 0. The first kappa shape index (κ1) is 15.0. The maximum Gasteiger partial charge on any atom is 0.296 e. The fraction of sp³-hybridized carbons (Fsp3) is 0.750. The average Bonchev–Trinajstić information content (AvgIpc) is 2.76. The zero-order chi connectivity index (χ0) is 14.7. The number of rotatable bonds is 4. The van der Waals surface area contributed by atoms with Crippen molar-refractivity contribution in [2.45, 2.75) is 25.3 Å². The van der Waals surface area contributed by atoms with Gasteiger partial charge in [0, 0.05) is 6.54 Å². The van der Waals surface area contributed by atoms with Crippen LogP contribution in [0.15, 0.2) is 4.52 Å². The molecule has 112 valence electrons. The molecule has 0 saturated carbocycles. The fourth-order valence-electron chi connectivity index (χ4n) is 2.25. The van der Waals surface area contributed by atoms with Crippen molar-refractivity contribution in [1.82, 2.24) is 19.9 Å². The lowest BCUT2D eigenvalue weighted by molar-refractivity contribution is -0.129. The average molecular weight is 288 g/mol. The molecule has 1 saturated heterocycles. The minimum absolute atomic E-state index is 0.0504. The van der Waals surface area contributed by atoms with Crippen LogP contribution in [0.4, 0.5) is 8.78 Å². The molecule has 1 aromatic rings. The van der Waals surface area contributed by atoms with Gasteiger partial charge in [0.1, 0.15) is 0 Å². The van der Waals surface area contributed by atoms with Crippen LogP contribution in [0.3, 0.4) is 0 Å². The molecule has 20 heavy (non-hydrogen) atoms. The molecule has 8 heteroatoms. The molecule has 0 aromatic carbocycles. The molecule has 6 nitrogen and oxygen atoms in total. The Morgan fingerprint density at radius 3 is 2.90 bits per heavy atom. The van der Waals surface area contributed by atoms with Gasteiger partial charge >= 0.3 is 0 Å². The predicted octanol–water partition coefficient (Wildman–Crippen LogP) is 0.755. The third kappa shape index (κ3) is 3.57. The molecule has 2 heterocycles. The number of hydrogen-bond donors (Lipinski definition) is 0. The van der Waals surface area contributed by atoms with Crippen LogP contribution >= 0.6 is 0 Å². The van der Waals surface area contributed by atoms with E-state index in [0.29, 0.717) is 5.82 Å². The number of hydrogen-bond acceptors (Lipinski definition) is 6. The van der Waals surface area contributed by atoms with E-state index in [0.717, 1.165) is 26.1 Å². The molecule has 0 amide bonds. The molecule has 0 bridgehead atoms. The Hall–Kier alpha value is -1.41. The SMILES string of the molecule is CN1CCCN(C)C(c2noc(CC(=O)C(F)F)n2)C1. The second-order valence-corrected chi connectivity index (χ2v) is 5.10. The molecule has 2 rings (SSSR count). The second kappa shape index (κ2) is 6.36. The van der Waals surface area contributed by atoms with Crippen molar-refractivity contribution in [3.8, 4) is 0 Å². The van der Waals surface area contributed by atoms with Gasteiger partial charge in [0.25, 0.3) is 6.43 Å². The number of aromatic nitrogens is 2. The molecule has 1 aliphatic heterocycles. The van der Waals surface area contributed by atoms with Crippen molar-refractivity contribution in [2.75, 3.05) is 33.7 Å². The lowest BCUT2D eigenvalue weighted by Crippen LogP contribution is -2.31. The summed E-state index contributed by atoms with van der Waals surface area (Å²) in [5.74, 6) is -0.810. The maximum atomic E-state index is 12.2. The summed E-state index contributed by atoms with van der Waals surface area (Å²) < 4.78 is 29.3. The molecular formula is C12H18F2N4O2. The van der Waals surface area contributed by atoms with E-state index in [9.17, 15) is 13.6 Å². The monoisotopic (exact) mass is 288 g/mol. The molecule has 0 aliphatic carbocycles. The summed E-state index contributed by atoms with van der Waals surface area (Å²) in [7, 11) is 3.97. The van der Waals surface area contributed by atoms with Crippen molar-refractivity contribution in [1.29, 1.82) is 0 Å². The number of carbonyl (C=O) groups is 1. The van der Waals surface area contributed by atoms with Gasteiger partial charge in [-0.25, -0.2) is 8.78 Å². The first-order valence-corrected chi connectivity index (χ1v) is 6.49. The Morgan fingerprint density at radius 2 is 2.20 bits per heavy atom. The highest BCUT2D eigenvalue weighted by Gasteiger charge is 2.27. The summed E-state index contributed by atoms with van der Waals surface area (Å²) in [4.78, 5) is 19.3. The van der Waals surface area contributed by atoms with Crippen molar-refractivity contribution >= 4 is 5.78 Å². The lowest BCUT2D eigenvalue weighted by atomic mass is 10.2. The van der Waals surface area contributed by atoms with Gasteiger partial charge in [-0.05, 0) is 33.6 Å². The summed E-state index contributed by atoms with van der Waals surface area (Å²) in [5, 5.41) is 3.83. The molecule has 1 fully saturated rings. The molecule has 1 unspecified atom stereocenters. The van der Waals surface area contributed by atoms with Crippen LogP contribution in [-0.4, -0.2) is 65.9 Å². The van der Waals surface area contributed by atoms with Gasteiger partial charge < -0.3 is 9.42 Å². The van der Waals surface area contributed by atoms with Crippen LogP contribution in [0.5, 0.6) is 0 Å². The predicted molar refractivity (Wildman–Crippen MR) is 66.5 cm³/mol. The summed E-state index contributed by atoms with van der Waals surface area (Å²) in [6, 6.07) is -0.0540. The Morgan fingerprint density at radius 1 is 1.45 bits per heavy atom. The maximum absolute atomic E-state index is 12.2. The zero-order valence-corrected chi connectivity index (χ0v) is 11.6. The summed E-state index contributed by atoms with van der Waals surface area (Å²) in [5.41, 5.74) is 0. The first-order chi connectivity index (χ1) is 9.47. The lowest BCUT2D eigenvalue weighted by Gasteiger charge is -2.24. The van der Waals surface area contributed by atoms with Gasteiger partial charge in [-0.1, -0.05) is 5.16 Å². The first-order valence-electron chi connectivity index (χ1n) is 6.49. The number of alkyl halides is 2. The van der Waals surface area contributed by atoms with E-state index in [1.807, 2.05) is 14.1 Å². The van der Waals surface area contributed by atoms with Crippen LogP contribution in [0.25, 0.3) is 0 Å². The van der Waals surface area contributed by atoms with Crippen LogP contribution in [0.2, 0.25) is 0 Å². The van der Waals surface area contributed by atoms with Gasteiger partial charge in [-0.2, -0.15) is 4.98 Å². The minimum atomic E-state index is -3.00. The van der Waals surface area contributed by atoms with Crippen LogP contribution in [0, 0.1) is 0 Å². The molecular weight excluding hydrogens is 270 g/mol. The second-order valence-electron chi connectivity index (χ2n) is 5.10. The van der Waals surface area contributed by atoms with E-state index in [2.05, 4.69) is 19.9 Å². The smallest absolute Gasteiger partial charge is 0.296 e. The largest absolute Gasteiger partial charge is 0.339 e. The standard InChI is InChI=1S/C12H18F2N4O2/c1-17-4-3-5-18(2)8(7-17)12-15-10(20-16-12)6-9(19)11(13)14/h8,11H,3-7H2,1-2H3. The van der Waals surface area contributed by atoms with Gasteiger partial charge in [0.15, 0.2) is 5.82 Å². The van der Waals surface area contributed by atoms with Gasteiger partial charge in [0.05, 0.1) is 12.5 Å².